The van der Waals surface area contributed by atoms with Crippen molar-refractivity contribution in [3.63, 3.8) is 0 Å². The molecule has 0 heterocycles. The molecule has 0 unspecified atom stereocenters. The van der Waals surface area contributed by atoms with Gasteiger partial charge in [-0.25, -0.2) is 9.18 Å². The molecule has 1 aliphatic carbocycles. The van der Waals surface area contributed by atoms with Gasteiger partial charge in [0.1, 0.15) is 17.1 Å². The van der Waals surface area contributed by atoms with Crippen LogP contribution in [-0.4, -0.2) is 36.5 Å². The van der Waals surface area contributed by atoms with Gasteiger partial charge in [0.15, 0.2) is 6.61 Å². The molecule has 0 N–H and O–H groups in total. The van der Waals surface area contributed by atoms with Gasteiger partial charge in [0.25, 0.3) is 5.91 Å². The number of amides is 1. The van der Waals surface area contributed by atoms with Crippen LogP contribution in [0, 0.1) is 5.82 Å². The fourth-order valence-corrected chi connectivity index (χ4v) is 2.72. The van der Waals surface area contributed by atoms with Gasteiger partial charge in [-0.15, -0.1) is 0 Å². The summed E-state index contributed by atoms with van der Waals surface area (Å²) >= 11 is 0. The van der Waals surface area contributed by atoms with E-state index in [2.05, 4.69) is 0 Å². The summed E-state index contributed by atoms with van der Waals surface area (Å²) in [4.78, 5) is 26.3. The molecule has 5 nitrogen and oxygen atoms in total. The Morgan fingerprint density at radius 1 is 1.12 bits per heavy atom. The van der Waals surface area contributed by atoms with E-state index >= 15 is 0 Å². The number of ether oxygens (including phenoxy) is 2. The Kier molecular flexibility index (Phi) is 5.51. The van der Waals surface area contributed by atoms with E-state index in [1.807, 2.05) is 0 Å². The van der Waals surface area contributed by atoms with Crippen molar-refractivity contribution in [2.24, 2.45) is 0 Å². The molecule has 0 radical (unpaired) electrons. The Hall–Kier alpha value is -2.89. The minimum atomic E-state index is -0.627. The molecule has 0 bridgehead atoms. The summed E-state index contributed by atoms with van der Waals surface area (Å²) in [5.74, 6) is -0.927. The van der Waals surface area contributed by atoms with Crippen LogP contribution in [0.25, 0.3) is 0 Å². The van der Waals surface area contributed by atoms with Crippen LogP contribution in [0.5, 0.6) is 5.75 Å². The lowest BCUT2D eigenvalue weighted by molar-refractivity contribution is -0.135. The van der Waals surface area contributed by atoms with Crippen LogP contribution in [0.4, 0.5) is 4.39 Å². The number of rotatable bonds is 7. The van der Waals surface area contributed by atoms with Crippen molar-refractivity contribution in [3.8, 4) is 5.75 Å². The van der Waals surface area contributed by atoms with E-state index in [0.29, 0.717) is 11.3 Å². The first-order chi connectivity index (χ1) is 12.6. The third kappa shape index (κ3) is 4.20. The molecular formula is C20H20FNO4. The van der Waals surface area contributed by atoms with Gasteiger partial charge in [-0.2, -0.15) is 0 Å². The van der Waals surface area contributed by atoms with Crippen LogP contribution in [-0.2, 0) is 16.1 Å². The molecule has 0 atom stereocenters. The maximum absolute atomic E-state index is 13.9. The highest BCUT2D eigenvalue weighted by atomic mass is 19.1. The Balaban J connectivity index is 1.64. The molecule has 136 valence electrons. The summed E-state index contributed by atoms with van der Waals surface area (Å²) in [6, 6.07) is 13.1. The Morgan fingerprint density at radius 3 is 2.50 bits per heavy atom. The third-order valence-electron chi connectivity index (χ3n) is 4.26. The lowest BCUT2D eigenvalue weighted by Crippen LogP contribution is -2.36. The predicted octanol–water partition coefficient (Wildman–Crippen LogP) is 3.18. The van der Waals surface area contributed by atoms with Crippen molar-refractivity contribution in [1.29, 1.82) is 0 Å². The average Bonchev–Trinajstić information content (AvgIpc) is 3.50. The zero-order chi connectivity index (χ0) is 18.5. The van der Waals surface area contributed by atoms with Crippen LogP contribution >= 0.6 is 0 Å². The first-order valence-electron chi connectivity index (χ1n) is 8.43. The van der Waals surface area contributed by atoms with E-state index in [1.54, 1.807) is 47.4 Å². The van der Waals surface area contributed by atoms with Gasteiger partial charge in [0.05, 0.1) is 7.11 Å². The molecule has 0 spiro atoms. The van der Waals surface area contributed by atoms with Crippen molar-refractivity contribution in [3.05, 3.63) is 65.5 Å². The standard InChI is InChI=1S/C20H20FNO4/c1-25-18-9-5-3-7-16(18)20(24)26-13-19(23)22(15-10-11-15)12-14-6-2-4-8-17(14)21/h2-9,15H,10-13H2,1H3. The largest absolute Gasteiger partial charge is 0.496 e. The number of carbonyl (C=O) groups excluding carboxylic acids is 2. The average molecular weight is 357 g/mol. The SMILES string of the molecule is COc1ccccc1C(=O)OCC(=O)N(Cc1ccccc1F)C1CC1. The molecule has 1 amide bonds. The molecule has 1 fully saturated rings. The number of hydrogen-bond donors (Lipinski definition) is 0. The lowest BCUT2D eigenvalue weighted by Gasteiger charge is -2.22. The van der Waals surface area contributed by atoms with Gasteiger partial charge >= 0.3 is 5.97 Å². The minimum Gasteiger partial charge on any atom is -0.496 e. The highest BCUT2D eigenvalue weighted by molar-refractivity contribution is 5.94. The van der Waals surface area contributed by atoms with Crippen LogP contribution in [0.1, 0.15) is 28.8 Å². The molecule has 1 saturated carbocycles. The van der Waals surface area contributed by atoms with Crippen molar-refractivity contribution in [1.82, 2.24) is 4.90 Å². The maximum atomic E-state index is 13.9. The Morgan fingerprint density at radius 2 is 1.81 bits per heavy atom. The fraction of sp³-hybridized carbons (Fsp3) is 0.300. The van der Waals surface area contributed by atoms with Gasteiger partial charge in [-0.05, 0) is 31.0 Å². The van der Waals surface area contributed by atoms with Gasteiger partial charge in [0.2, 0.25) is 0 Å². The summed E-state index contributed by atoms with van der Waals surface area (Å²) in [5, 5.41) is 0. The quantitative estimate of drug-likeness (QED) is 0.714. The number of para-hydroxylation sites is 1. The van der Waals surface area contributed by atoms with Gasteiger partial charge in [-0.3, -0.25) is 4.79 Å². The first-order valence-corrected chi connectivity index (χ1v) is 8.43. The second kappa shape index (κ2) is 7.99. The monoisotopic (exact) mass is 357 g/mol. The van der Waals surface area contributed by atoms with E-state index in [0.717, 1.165) is 12.8 Å². The molecule has 26 heavy (non-hydrogen) atoms. The Bertz CT molecular complexity index is 804. The lowest BCUT2D eigenvalue weighted by atomic mass is 10.2. The van der Waals surface area contributed by atoms with Crippen molar-refractivity contribution >= 4 is 11.9 Å². The van der Waals surface area contributed by atoms with Crippen molar-refractivity contribution in [2.75, 3.05) is 13.7 Å². The minimum absolute atomic E-state index is 0.0760. The summed E-state index contributed by atoms with van der Waals surface area (Å²) in [5.41, 5.74) is 0.707. The van der Waals surface area contributed by atoms with E-state index in [1.165, 1.54) is 13.2 Å². The third-order valence-corrected chi connectivity index (χ3v) is 4.26. The second-order valence-electron chi connectivity index (χ2n) is 6.12. The molecule has 2 aromatic carbocycles. The maximum Gasteiger partial charge on any atom is 0.342 e. The number of benzene rings is 2. The number of nitrogens with zero attached hydrogens (tertiary/aromatic N) is 1. The number of carbonyl (C=O) groups is 2. The van der Waals surface area contributed by atoms with Crippen LogP contribution in [0.3, 0.4) is 0 Å². The fourth-order valence-electron chi connectivity index (χ4n) is 2.72. The highest BCUT2D eigenvalue weighted by Gasteiger charge is 2.33. The predicted molar refractivity (Wildman–Crippen MR) is 93.2 cm³/mol. The zero-order valence-corrected chi connectivity index (χ0v) is 14.5. The molecule has 0 saturated heterocycles. The number of hydrogen-bond acceptors (Lipinski definition) is 4. The number of halogens is 1. The van der Waals surface area contributed by atoms with Gasteiger partial charge < -0.3 is 14.4 Å². The molecule has 2 aromatic rings. The molecule has 6 heteroatoms. The smallest absolute Gasteiger partial charge is 0.342 e. The summed E-state index contributed by atoms with van der Waals surface area (Å²) in [7, 11) is 1.46. The highest BCUT2D eigenvalue weighted by Crippen LogP contribution is 2.29. The Labute approximate surface area is 151 Å². The summed E-state index contributed by atoms with van der Waals surface area (Å²) in [6.07, 6.45) is 1.75. The van der Waals surface area contributed by atoms with Crippen LogP contribution < -0.4 is 4.74 Å². The van der Waals surface area contributed by atoms with Crippen LogP contribution in [0.2, 0.25) is 0 Å². The van der Waals surface area contributed by atoms with Crippen molar-refractivity contribution in [2.45, 2.75) is 25.4 Å². The molecular weight excluding hydrogens is 337 g/mol. The van der Waals surface area contributed by atoms with Gasteiger partial charge in [-0.1, -0.05) is 30.3 Å². The summed E-state index contributed by atoms with van der Waals surface area (Å²) in [6.45, 7) is -0.218. The first kappa shape index (κ1) is 17.9. The molecule has 1 aliphatic rings. The zero-order valence-electron chi connectivity index (χ0n) is 14.5. The number of esters is 1. The normalized spacial score (nSPS) is 13.2. The summed E-state index contributed by atoms with van der Waals surface area (Å²) < 4.78 is 24.2. The van der Waals surface area contributed by atoms with E-state index in [9.17, 15) is 14.0 Å². The molecule has 3 rings (SSSR count). The number of methoxy groups -OCH3 is 1. The van der Waals surface area contributed by atoms with E-state index in [-0.39, 0.29) is 36.5 Å². The van der Waals surface area contributed by atoms with Crippen molar-refractivity contribution < 1.29 is 23.5 Å². The second-order valence-corrected chi connectivity index (χ2v) is 6.12. The molecule has 0 aromatic heterocycles. The van der Waals surface area contributed by atoms with Crippen LogP contribution in [0.15, 0.2) is 48.5 Å². The van der Waals surface area contributed by atoms with Gasteiger partial charge in [0, 0.05) is 18.2 Å². The molecule has 0 aliphatic heterocycles. The topological polar surface area (TPSA) is 55.8 Å². The van der Waals surface area contributed by atoms with E-state index < -0.39 is 5.97 Å². The van der Waals surface area contributed by atoms with E-state index in [4.69, 9.17) is 9.47 Å².